The van der Waals surface area contributed by atoms with Gasteiger partial charge in [0.2, 0.25) is 11.8 Å². The highest BCUT2D eigenvalue weighted by Gasteiger charge is 2.58. The van der Waals surface area contributed by atoms with Crippen molar-refractivity contribution in [3.63, 3.8) is 0 Å². The molecule has 36 heavy (non-hydrogen) atoms. The zero-order valence-electron chi connectivity index (χ0n) is 21.0. The number of hydrogen-bond donors (Lipinski definition) is 1. The largest absolute Gasteiger partial charge is 0.491 e. The van der Waals surface area contributed by atoms with Crippen LogP contribution in [0.15, 0.2) is 58.7 Å². The van der Waals surface area contributed by atoms with Crippen LogP contribution in [0.2, 0.25) is 0 Å². The topological polar surface area (TPSA) is 101 Å². The van der Waals surface area contributed by atoms with Gasteiger partial charge < -0.3 is 9.84 Å². The molecule has 7 nitrogen and oxygen atoms in total. The maximum absolute atomic E-state index is 13.7. The average molecular weight is 490 g/mol. The van der Waals surface area contributed by atoms with E-state index in [1.807, 2.05) is 45.0 Å². The summed E-state index contributed by atoms with van der Waals surface area (Å²) in [6.45, 7) is 7.12. The summed E-state index contributed by atoms with van der Waals surface area (Å²) in [4.78, 5) is 55.1. The minimum absolute atomic E-state index is 0.0855. The number of ether oxygens (including phenoxy) is 1. The first kappa shape index (κ1) is 24.4. The minimum Gasteiger partial charge on any atom is -0.491 e. The van der Waals surface area contributed by atoms with Gasteiger partial charge in [-0.25, -0.2) is 0 Å². The lowest BCUT2D eigenvalue weighted by molar-refractivity contribution is -0.145. The van der Waals surface area contributed by atoms with Gasteiger partial charge in [0.15, 0.2) is 11.6 Å². The van der Waals surface area contributed by atoms with Crippen molar-refractivity contribution in [1.82, 2.24) is 4.90 Å². The molecule has 2 amide bonds. The smallest absolute Gasteiger partial charge is 0.234 e. The first-order valence-electron chi connectivity index (χ1n) is 12.5. The minimum atomic E-state index is -0.647. The maximum atomic E-state index is 13.7. The normalized spacial score (nSPS) is 28.0. The zero-order valence-corrected chi connectivity index (χ0v) is 21.0. The quantitative estimate of drug-likeness (QED) is 0.396. The lowest BCUT2D eigenvalue weighted by Crippen LogP contribution is -2.46. The lowest BCUT2D eigenvalue weighted by Gasteiger charge is -2.42. The van der Waals surface area contributed by atoms with Crippen LogP contribution in [-0.4, -0.2) is 52.1 Å². The fourth-order valence-corrected chi connectivity index (χ4v) is 6.38. The third kappa shape index (κ3) is 3.60. The number of carbonyl (C=O) groups excluding carboxylic acids is 4. The van der Waals surface area contributed by atoms with Crippen molar-refractivity contribution in [2.75, 3.05) is 13.2 Å². The first-order valence-corrected chi connectivity index (χ1v) is 12.5. The molecule has 0 radical (unpaired) electrons. The van der Waals surface area contributed by atoms with Gasteiger partial charge in [-0.3, -0.25) is 24.1 Å². The number of carbonyl (C=O) groups is 4. The summed E-state index contributed by atoms with van der Waals surface area (Å²) in [6.07, 6.45) is 4.05. The van der Waals surface area contributed by atoms with E-state index in [4.69, 9.17) is 4.74 Å². The monoisotopic (exact) mass is 489 g/mol. The Bertz CT molecular complexity index is 1280. The Morgan fingerprint density at radius 2 is 1.78 bits per heavy atom. The van der Waals surface area contributed by atoms with Gasteiger partial charge in [-0.2, -0.15) is 0 Å². The summed E-state index contributed by atoms with van der Waals surface area (Å²) < 4.78 is 5.83. The number of allylic oxidation sites excluding steroid dienone is 6. The van der Waals surface area contributed by atoms with Crippen molar-refractivity contribution < 1.29 is 29.0 Å². The number of nitrogens with zero attached hydrogens (tertiary/aromatic N) is 1. The van der Waals surface area contributed by atoms with Crippen LogP contribution in [0.1, 0.15) is 52.0 Å². The number of amides is 2. The Hall–Kier alpha value is -3.32. The fourth-order valence-electron chi connectivity index (χ4n) is 6.38. The summed E-state index contributed by atoms with van der Waals surface area (Å²) in [7, 11) is 0. The zero-order chi connectivity index (χ0) is 25.9. The van der Waals surface area contributed by atoms with Gasteiger partial charge in [-0.15, -0.1) is 0 Å². The highest BCUT2D eigenvalue weighted by molar-refractivity contribution is 6.24. The second-order valence-electron chi connectivity index (χ2n) is 11.0. The number of Topliss-reactive ketones (excluding diaryl/α,β-unsaturated/α-hetero) is 1. The molecule has 4 atom stereocenters. The fraction of sp³-hybridized carbons (Fsp3) is 0.448. The van der Waals surface area contributed by atoms with E-state index in [2.05, 4.69) is 0 Å². The van der Waals surface area contributed by atoms with Crippen LogP contribution in [0.4, 0.5) is 0 Å². The van der Waals surface area contributed by atoms with Crippen molar-refractivity contribution in [2.45, 2.75) is 52.0 Å². The van der Waals surface area contributed by atoms with Crippen molar-refractivity contribution in [3.8, 4) is 5.75 Å². The lowest BCUT2D eigenvalue weighted by atomic mass is 9.59. The highest BCUT2D eigenvalue weighted by Crippen LogP contribution is 2.56. The Labute approximate surface area is 210 Å². The maximum Gasteiger partial charge on any atom is 0.234 e. The van der Waals surface area contributed by atoms with Crippen LogP contribution in [0, 0.1) is 17.8 Å². The van der Waals surface area contributed by atoms with Crippen LogP contribution in [0.3, 0.4) is 0 Å². The van der Waals surface area contributed by atoms with E-state index < -0.39 is 23.3 Å². The number of fused-ring (bicyclic) bond motifs is 3. The van der Waals surface area contributed by atoms with Gasteiger partial charge in [0, 0.05) is 33.7 Å². The molecule has 0 saturated carbocycles. The van der Waals surface area contributed by atoms with E-state index in [1.54, 1.807) is 13.0 Å². The molecule has 5 rings (SSSR count). The molecule has 0 bridgehead atoms. The second kappa shape index (κ2) is 8.66. The summed E-state index contributed by atoms with van der Waals surface area (Å²) >= 11 is 0. The number of likely N-dealkylation sites (tertiary alicyclic amines) is 1. The van der Waals surface area contributed by atoms with E-state index in [0.29, 0.717) is 34.5 Å². The molecular formula is C29H31NO6. The molecular weight excluding hydrogens is 458 g/mol. The molecule has 1 saturated heterocycles. The number of aliphatic hydroxyl groups excluding tert-OH is 1. The molecule has 1 aromatic carbocycles. The number of para-hydroxylation sites is 1. The number of ketones is 2. The van der Waals surface area contributed by atoms with Crippen LogP contribution < -0.4 is 4.74 Å². The number of aliphatic hydroxyl groups is 1. The van der Waals surface area contributed by atoms with Crippen molar-refractivity contribution in [2.24, 2.45) is 17.8 Å². The molecule has 0 unspecified atom stereocenters. The van der Waals surface area contributed by atoms with E-state index in [0.717, 1.165) is 5.57 Å². The van der Waals surface area contributed by atoms with Crippen molar-refractivity contribution in [1.29, 1.82) is 0 Å². The van der Waals surface area contributed by atoms with Gasteiger partial charge in [0.25, 0.3) is 0 Å². The van der Waals surface area contributed by atoms with E-state index in [-0.39, 0.29) is 48.9 Å². The third-order valence-electron chi connectivity index (χ3n) is 7.81. The van der Waals surface area contributed by atoms with Crippen LogP contribution >= 0.6 is 0 Å². The van der Waals surface area contributed by atoms with Crippen LogP contribution in [0.25, 0.3) is 0 Å². The number of benzene rings is 1. The van der Waals surface area contributed by atoms with Gasteiger partial charge in [-0.1, -0.05) is 29.8 Å². The molecule has 4 aliphatic rings. The highest BCUT2D eigenvalue weighted by atomic mass is 16.5. The number of imide groups is 1. The Kier molecular flexibility index (Phi) is 5.86. The van der Waals surface area contributed by atoms with Gasteiger partial charge in [0.05, 0.1) is 18.4 Å². The summed E-state index contributed by atoms with van der Waals surface area (Å²) in [5.41, 5.74) is 2.20. The summed E-state index contributed by atoms with van der Waals surface area (Å²) in [5.74, 6) is -2.24. The molecule has 1 fully saturated rings. The molecule has 1 aromatic rings. The standard InChI is InChI=1S/C29H31NO6/c1-15-13-21(32)20-14-19-16(9-10-18-24(19)28(35)30(27(18)34)29(2,3)4)23(25(20)26(15)33)17-7-5-6-8-22(17)36-12-11-31/h5-9,13,18-19,23-24,31H,10-12,14H2,1-4H3/t18-,19+,23+,24-/m0/s1. The average Bonchev–Trinajstić information content (AvgIpc) is 3.10. The van der Waals surface area contributed by atoms with E-state index in [1.165, 1.54) is 11.0 Å². The Morgan fingerprint density at radius 1 is 1.06 bits per heavy atom. The molecule has 1 N–H and O–H groups in total. The van der Waals surface area contributed by atoms with Crippen molar-refractivity contribution >= 4 is 23.4 Å². The Morgan fingerprint density at radius 3 is 2.47 bits per heavy atom. The van der Waals surface area contributed by atoms with Crippen molar-refractivity contribution in [3.05, 3.63) is 64.3 Å². The first-order chi connectivity index (χ1) is 17.1. The molecule has 7 heteroatoms. The van der Waals surface area contributed by atoms with E-state index in [9.17, 15) is 24.3 Å². The Balaban J connectivity index is 1.69. The number of rotatable bonds is 4. The van der Waals surface area contributed by atoms with Crippen LogP contribution in [0.5, 0.6) is 5.75 Å². The predicted molar refractivity (Wildman–Crippen MR) is 132 cm³/mol. The SMILES string of the molecule is CC1=CC(=O)C2=C(C1=O)[C@@H](c1ccccc1OCCO)C1=CC[C@@H]3C(=O)N(C(C)(C)C)C(=O)[C@@H]3[C@@H]1C2. The number of hydrogen-bond acceptors (Lipinski definition) is 6. The molecule has 3 aliphatic carbocycles. The summed E-state index contributed by atoms with van der Waals surface area (Å²) in [6, 6.07) is 7.31. The molecule has 0 spiro atoms. The predicted octanol–water partition coefficient (Wildman–Crippen LogP) is 3.29. The third-order valence-corrected chi connectivity index (χ3v) is 7.81. The molecule has 0 aromatic heterocycles. The van der Waals surface area contributed by atoms with Gasteiger partial charge in [0.1, 0.15) is 12.4 Å². The van der Waals surface area contributed by atoms with Crippen LogP contribution in [-0.2, 0) is 19.2 Å². The van der Waals surface area contributed by atoms with Gasteiger partial charge in [-0.05, 0) is 58.6 Å². The van der Waals surface area contributed by atoms with E-state index >= 15 is 0 Å². The summed E-state index contributed by atoms with van der Waals surface area (Å²) in [5, 5.41) is 9.34. The second-order valence-corrected chi connectivity index (χ2v) is 11.0. The molecule has 1 aliphatic heterocycles. The molecule has 188 valence electrons. The molecule has 1 heterocycles. The van der Waals surface area contributed by atoms with Gasteiger partial charge >= 0.3 is 0 Å².